The smallest absolute Gasteiger partial charge is 0.0526 e. The predicted octanol–water partition coefficient (Wildman–Crippen LogP) is 2.94. The number of rotatable bonds is 3. The van der Waals surface area contributed by atoms with Gasteiger partial charge in [-0.1, -0.05) is 32.9 Å². The molecule has 1 aromatic carbocycles. The van der Waals surface area contributed by atoms with E-state index in [0.717, 1.165) is 4.90 Å². The zero-order valence-electron chi connectivity index (χ0n) is 8.41. The van der Waals surface area contributed by atoms with Crippen LogP contribution in [0.25, 0.3) is 0 Å². The lowest BCUT2D eigenvalue weighted by molar-refractivity contribution is 0.684. The van der Waals surface area contributed by atoms with Crippen LogP contribution in [0, 0.1) is 0 Å². The quantitative estimate of drug-likeness (QED) is 0.726. The van der Waals surface area contributed by atoms with E-state index in [0.29, 0.717) is 11.7 Å². The SMILES string of the molecule is CCS(=O)c1ccc(C(C)C)cc1. The maximum atomic E-state index is 11.4. The predicted molar refractivity (Wildman–Crippen MR) is 57.5 cm³/mol. The molecule has 0 heterocycles. The zero-order valence-corrected chi connectivity index (χ0v) is 9.23. The normalized spacial score (nSPS) is 13.2. The maximum absolute atomic E-state index is 11.4. The van der Waals surface area contributed by atoms with Crippen molar-refractivity contribution in [2.45, 2.75) is 31.6 Å². The molecule has 2 heteroatoms. The van der Waals surface area contributed by atoms with Crippen LogP contribution in [-0.2, 0) is 10.8 Å². The first-order valence-corrected chi connectivity index (χ1v) is 5.95. The molecule has 1 aromatic rings. The van der Waals surface area contributed by atoms with Gasteiger partial charge in [0, 0.05) is 10.6 Å². The maximum Gasteiger partial charge on any atom is 0.0526 e. The van der Waals surface area contributed by atoms with Gasteiger partial charge in [0.2, 0.25) is 0 Å². The van der Waals surface area contributed by atoms with Crippen LogP contribution in [0.15, 0.2) is 29.2 Å². The van der Waals surface area contributed by atoms with Crippen LogP contribution in [0.4, 0.5) is 0 Å². The van der Waals surface area contributed by atoms with Gasteiger partial charge in [0.1, 0.15) is 0 Å². The molecule has 0 spiro atoms. The molecular formula is C11H16OS. The highest BCUT2D eigenvalue weighted by Gasteiger charge is 2.02. The van der Waals surface area contributed by atoms with E-state index in [1.807, 2.05) is 19.1 Å². The molecular weight excluding hydrogens is 180 g/mol. The number of hydrogen-bond acceptors (Lipinski definition) is 1. The van der Waals surface area contributed by atoms with Crippen molar-refractivity contribution in [2.75, 3.05) is 5.75 Å². The minimum Gasteiger partial charge on any atom is -0.254 e. The Bertz CT molecular complexity index is 287. The summed E-state index contributed by atoms with van der Waals surface area (Å²) in [7, 11) is -0.812. The molecule has 1 rings (SSSR count). The fraction of sp³-hybridized carbons (Fsp3) is 0.455. The van der Waals surface area contributed by atoms with E-state index in [1.54, 1.807) is 0 Å². The van der Waals surface area contributed by atoms with Crippen molar-refractivity contribution in [2.24, 2.45) is 0 Å². The van der Waals surface area contributed by atoms with Crippen molar-refractivity contribution < 1.29 is 4.21 Å². The summed E-state index contributed by atoms with van der Waals surface area (Å²) >= 11 is 0. The molecule has 72 valence electrons. The van der Waals surface area contributed by atoms with E-state index in [1.165, 1.54) is 5.56 Å². The molecule has 1 nitrogen and oxygen atoms in total. The molecule has 0 aliphatic rings. The third kappa shape index (κ3) is 2.66. The van der Waals surface area contributed by atoms with Gasteiger partial charge in [-0.15, -0.1) is 0 Å². The summed E-state index contributed by atoms with van der Waals surface area (Å²) in [5.74, 6) is 1.24. The van der Waals surface area contributed by atoms with Gasteiger partial charge >= 0.3 is 0 Å². The van der Waals surface area contributed by atoms with E-state index in [2.05, 4.69) is 26.0 Å². The van der Waals surface area contributed by atoms with Crippen LogP contribution in [0.3, 0.4) is 0 Å². The first-order chi connectivity index (χ1) is 6.15. The van der Waals surface area contributed by atoms with Gasteiger partial charge in [-0.2, -0.15) is 0 Å². The Kier molecular flexibility index (Phi) is 3.67. The lowest BCUT2D eigenvalue weighted by atomic mass is 10.0. The molecule has 0 saturated heterocycles. The molecule has 13 heavy (non-hydrogen) atoms. The third-order valence-electron chi connectivity index (χ3n) is 2.07. The number of benzene rings is 1. The van der Waals surface area contributed by atoms with E-state index < -0.39 is 10.8 Å². The molecule has 0 aromatic heterocycles. The molecule has 0 saturated carbocycles. The van der Waals surface area contributed by atoms with E-state index >= 15 is 0 Å². The summed E-state index contributed by atoms with van der Waals surface area (Å²) in [5.41, 5.74) is 1.30. The van der Waals surface area contributed by atoms with Crippen molar-refractivity contribution in [3.8, 4) is 0 Å². The molecule has 1 unspecified atom stereocenters. The van der Waals surface area contributed by atoms with Gasteiger partial charge < -0.3 is 0 Å². The zero-order chi connectivity index (χ0) is 9.84. The largest absolute Gasteiger partial charge is 0.254 e. The van der Waals surface area contributed by atoms with Crippen molar-refractivity contribution in [1.29, 1.82) is 0 Å². The molecule has 0 radical (unpaired) electrons. The van der Waals surface area contributed by atoms with E-state index in [-0.39, 0.29) is 0 Å². The fourth-order valence-corrected chi connectivity index (χ4v) is 1.94. The highest BCUT2D eigenvalue weighted by atomic mass is 32.2. The highest BCUT2D eigenvalue weighted by Crippen LogP contribution is 2.16. The topological polar surface area (TPSA) is 17.1 Å². The van der Waals surface area contributed by atoms with Crippen LogP contribution in [0.1, 0.15) is 32.3 Å². The summed E-state index contributed by atoms with van der Waals surface area (Å²) < 4.78 is 11.4. The Morgan fingerprint density at radius 2 is 1.77 bits per heavy atom. The van der Waals surface area contributed by atoms with Crippen LogP contribution < -0.4 is 0 Å². The van der Waals surface area contributed by atoms with Gasteiger partial charge in [-0.3, -0.25) is 4.21 Å². The second-order valence-corrected chi connectivity index (χ2v) is 5.10. The van der Waals surface area contributed by atoms with Gasteiger partial charge in [0.05, 0.1) is 10.8 Å². The number of hydrogen-bond donors (Lipinski definition) is 0. The minimum absolute atomic E-state index is 0.545. The summed E-state index contributed by atoms with van der Waals surface area (Å²) in [6.07, 6.45) is 0. The van der Waals surface area contributed by atoms with Crippen LogP contribution >= 0.6 is 0 Å². The Balaban J connectivity index is 2.87. The van der Waals surface area contributed by atoms with Gasteiger partial charge in [-0.25, -0.2) is 0 Å². The van der Waals surface area contributed by atoms with Crippen molar-refractivity contribution in [3.05, 3.63) is 29.8 Å². The van der Waals surface area contributed by atoms with Crippen LogP contribution in [-0.4, -0.2) is 9.96 Å². The van der Waals surface area contributed by atoms with Crippen LogP contribution in [0.5, 0.6) is 0 Å². The summed E-state index contributed by atoms with van der Waals surface area (Å²) in [4.78, 5) is 0.937. The third-order valence-corrected chi connectivity index (χ3v) is 3.39. The molecule has 0 fully saturated rings. The lowest BCUT2D eigenvalue weighted by Crippen LogP contribution is -1.94. The average molecular weight is 196 g/mol. The Hall–Kier alpha value is -0.630. The van der Waals surface area contributed by atoms with Crippen molar-refractivity contribution >= 4 is 10.8 Å². The monoisotopic (exact) mass is 196 g/mol. The van der Waals surface area contributed by atoms with E-state index in [4.69, 9.17) is 0 Å². The van der Waals surface area contributed by atoms with Crippen LogP contribution in [0.2, 0.25) is 0 Å². The summed E-state index contributed by atoms with van der Waals surface area (Å²) in [6, 6.07) is 8.06. The lowest BCUT2D eigenvalue weighted by Gasteiger charge is -2.05. The van der Waals surface area contributed by atoms with Gasteiger partial charge in [-0.05, 0) is 23.6 Å². The molecule has 0 N–H and O–H groups in total. The van der Waals surface area contributed by atoms with Crippen molar-refractivity contribution in [1.82, 2.24) is 0 Å². The molecule has 1 atom stereocenters. The highest BCUT2D eigenvalue weighted by molar-refractivity contribution is 7.85. The first kappa shape index (κ1) is 10.5. The molecule has 0 aliphatic carbocycles. The Morgan fingerprint density at radius 1 is 1.23 bits per heavy atom. The first-order valence-electron chi connectivity index (χ1n) is 4.63. The summed E-state index contributed by atoms with van der Waals surface area (Å²) in [6.45, 7) is 6.25. The van der Waals surface area contributed by atoms with E-state index in [9.17, 15) is 4.21 Å². The van der Waals surface area contributed by atoms with Crippen molar-refractivity contribution in [3.63, 3.8) is 0 Å². The van der Waals surface area contributed by atoms with Gasteiger partial charge in [0.25, 0.3) is 0 Å². The molecule has 0 bridgehead atoms. The second-order valence-electron chi connectivity index (χ2n) is 3.36. The average Bonchev–Trinajstić information content (AvgIpc) is 2.17. The Morgan fingerprint density at radius 3 is 2.15 bits per heavy atom. The second kappa shape index (κ2) is 4.56. The summed E-state index contributed by atoms with van der Waals surface area (Å²) in [5, 5.41) is 0. The fourth-order valence-electron chi connectivity index (χ4n) is 1.17. The van der Waals surface area contributed by atoms with Gasteiger partial charge in [0.15, 0.2) is 0 Å². The standard InChI is InChI=1S/C11H16OS/c1-4-13(12)11-7-5-10(6-8-11)9(2)3/h5-9H,4H2,1-3H3. The Labute approximate surface area is 82.6 Å². The minimum atomic E-state index is -0.812. The molecule has 0 amide bonds. The molecule has 0 aliphatic heterocycles.